The van der Waals surface area contributed by atoms with E-state index in [0.717, 1.165) is 5.56 Å². The first-order valence-electron chi connectivity index (χ1n) is 12.8. The molecule has 9 heteroatoms. The van der Waals surface area contributed by atoms with E-state index in [1.54, 1.807) is 30.3 Å². The third-order valence-corrected chi connectivity index (χ3v) is 6.76. The van der Waals surface area contributed by atoms with Gasteiger partial charge in [-0.2, -0.15) is 0 Å². The molecule has 1 aliphatic rings. The molecular weight excluding hydrogens is 517 g/mol. The summed E-state index contributed by atoms with van der Waals surface area (Å²) in [6.45, 7) is 6.33. The van der Waals surface area contributed by atoms with Gasteiger partial charge in [0.1, 0.15) is 17.3 Å². The number of hydrogen-bond acceptors (Lipinski definition) is 7. The number of benzene rings is 3. The Kier molecular flexibility index (Phi) is 8.32. The molecule has 1 unspecified atom stereocenters. The highest BCUT2D eigenvalue weighted by molar-refractivity contribution is 6.51. The van der Waals surface area contributed by atoms with Crippen molar-refractivity contribution in [1.29, 1.82) is 0 Å². The summed E-state index contributed by atoms with van der Waals surface area (Å²) in [4.78, 5) is 28.3. The molecule has 3 aromatic carbocycles. The zero-order valence-electron chi connectivity index (χ0n) is 23.3. The molecule has 3 aromatic rings. The van der Waals surface area contributed by atoms with Gasteiger partial charge in [-0.1, -0.05) is 13.8 Å². The third kappa shape index (κ3) is 5.06. The number of ketones is 1. The average molecular weight is 550 g/mol. The smallest absolute Gasteiger partial charge is 0.300 e. The molecule has 1 atom stereocenters. The van der Waals surface area contributed by atoms with Crippen molar-refractivity contribution in [3.63, 3.8) is 0 Å². The Morgan fingerprint density at radius 3 is 2.08 bits per heavy atom. The van der Waals surface area contributed by atoms with Gasteiger partial charge in [-0.05, 0) is 78.6 Å². The first-order chi connectivity index (χ1) is 19.2. The summed E-state index contributed by atoms with van der Waals surface area (Å²) in [6, 6.07) is 12.5. The number of hydrogen-bond donors (Lipinski definition) is 1. The Morgan fingerprint density at radius 2 is 1.55 bits per heavy atom. The van der Waals surface area contributed by atoms with Gasteiger partial charge in [-0.25, -0.2) is 4.39 Å². The van der Waals surface area contributed by atoms with E-state index < -0.39 is 23.5 Å². The van der Waals surface area contributed by atoms with Crippen LogP contribution in [0.3, 0.4) is 0 Å². The maximum Gasteiger partial charge on any atom is 0.300 e. The molecule has 40 heavy (non-hydrogen) atoms. The molecule has 0 spiro atoms. The molecule has 0 aromatic heterocycles. The van der Waals surface area contributed by atoms with Crippen molar-refractivity contribution >= 4 is 23.1 Å². The van der Waals surface area contributed by atoms with Crippen molar-refractivity contribution in [2.24, 2.45) is 0 Å². The molecular formula is C31H32FNO7. The fourth-order valence-electron chi connectivity index (χ4n) is 4.86. The summed E-state index contributed by atoms with van der Waals surface area (Å²) in [5.41, 5.74) is 1.73. The highest BCUT2D eigenvalue weighted by Gasteiger charge is 2.47. The number of Topliss-reactive ketones (excluding diaryl/α,β-unsaturated/α-hetero) is 1. The molecule has 0 bridgehead atoms. The number of aliphatic hydroxyl groups is 1. The van der Waals surface area contributed by atoms with Gasteiger partial charge < -0.3 is 24.1 Å². The highest BCUT2D eigenvalue weighted by atomic mass is 19.1. The lowest BCUT2D eigenvalue weighted by Crippen LogP contribution is -2.29. The minimum atomic E-state index is -1.09. The maximum absolute atomic E-state index is 13.8. The van der Waals surface area contributed by atoms with Crippen LogP contribution in [0, 0.1) is 5.82 Å². The van der Waals surface area contributed by atoms with E-state index in [9.17, 15) is 19.1 Å². The van der Waals surface area contributed by atoms with Crippen molar-refractivity contribution in [3.8, 4) is 23.0 Å². The van der Waals surface area contributed by atoms with Crippen LogP contribution in [-0.4, -0.2) is 44.7 Å². The monoisotopic (exact) mass is 549 g/mol. The average Bonchev–Trinajstić information content (AvgIpc) is 3.22. The molecule has 0 saturated carbocycles. The zero-order valence-corrected chi connectivity index (χ0v) is 23.3. The summed E-state index contributed by atoms with van der Waals surface area (Å²) in [5, 5.41) is 11.6. The number of amides is 1. The van der Waals surface area contributed by atoms with E-state index >= 15 is 0 Å². The Hall–Kier alpha value is -4.53. The van der Waals surface area contributed by atoms with Crippen LogP contribution < -0.4 is 23.8 Å². The minimum Gasteiger partial charge on any atom is -0.507 e. The van der Waals surface area contributed by atoms with Crippen LogP contribution in [-0.2, 0) is 9.59 Å². The maximum atomic E-state index is 13.8. The molecule has 1 saturated heterocycles. The summed E-state index contributed by atoms with van der Waals surface area (Å²) >= 11 is 0. The second-order valence-corrected chi connectivity index (χ2v) is 9.44. The summed E-state index contributed by atoms with van der Waals surface area (Å²) in [7, 11) is 4.36. The van der Waals surface area contributed by atoms with Gasteiger partial charge in [0.15, 0.2) is 11.5 Å². The van der Waals surface area contributed by atoms with Crippen LogP contribution in [0.5, 0.6) is 23.0 Å². The number of anilines is 1. The standard InChI is InChI=1S/C31H32FNO7/c1-7-40-23-13-8-18(14-22(23)17(2)3)28(34)26-27(19-15-24(37-4)30(39-6)25(16-19)38-5)33(31(36)29(26)35)21-11-9-20(32)10-12-21/h8-17,27,34H,7H2,1-6H3/b28-26+. The van der Waals surface area contributed by atoms with Gasteiger partial charge in [0.05, 0.1) is 39.6 Å². The minimum absolute atomic E-state index is 0.0573. The van der Waals surface area contributed by atoms with E-state index in [-0.39, 0.29) is 22.9 Å². The second-order valence-electron chi connectivity index (χ2n) is 9.44. The van der Waals surface area contributed by atoms with E-state index in [4.69, 9.17) is 18.9 Å². The summed E-state index contributed by atoms with van der Waals surface area (Å²) < 4.78 is 36.0. The molecule has 0 aliphatic carbocycles. The molecule has 1 aliphatic heterocycles. The van der Waals surface area contributed by atoms with Crippen molar-refractivity contribution in [2.45, 2.75) is 32.7 Å². The van der Waals surface area contributed by atoms with Gasteiger partial charge in [0, 0.05) is 11.3 Å². The van der Waals surface area contributed by atoms with Crippen LogP contribution in [0.1, 0.15) is 49.4 Å². The number of nitrogens with zero attached hydrogens (tertiary/aromatic N) is 1. The van der Waals surface area contributed by atoms with Crippen molar-refractivity contribution in [2.75, 3.05) is 32.8 Å². The van der Waals surface area contributed by atoms with Gasteiger partial charge in [-0.3, -0.25) is 14.5 Å². The van der Waals surface area contributed by atoms with Crippen LogP contribution in [0.4, 0.5) is 10.1 Å². The molecule has 1 amide bonds. The summed E-state index contributed by atoms with van der Waals surface area (Å²) in [6.07, 6.45) is 0. The Morgan fingerprint density at radius 1 is 0.925 bits per heavy atom. The largest absolute Gasteiger partial charge is 0.507 e. The van der Waals surface area contributed by atoms with Crippen molar-refractivity contribution < 1.29 is 38.0 Å². The Labute approximate surface area is 232 Å². The number of methoxy groups -OCH3 is 3. The number of carbonyl (C=O) groups is 2. The molecule has 0 radical (unpaired) electrons. The number of rotatable bonds is 9. The van der Waals surface area contributed by atoms with Crippen LogP contribution in [0.15, 0.2) is 60.2 Å². The van der Waals surface area contributed by atoms with Crippen molar-refractivity contribution in [1.82, 2.24) is 0 Å². The van der Waals surface area contributed by atoms with E-state index in [1.807, 2.05) is 20.8 Å². The third-order valence-electron chi connectivity index (χ3n) is 6.76. The van der Waals surface area contributed by atoms with Crippen LogP contribution in [0.2, 0.25) is 0 Å². The molecule has 210 valence electrons. The Bertz CT molecular complexity index is 1440. The highest BCUT2D eigenvalue weighted by Crippen LogP contribution is 2.47. The number of carbonyl (C=O) groups excluding carboxylic acids is 2. The number of ether oxygens (including phenoxy) is 4. The quantitative estimate of drug-likeness (QED) is 0.199. The lowest BCUT2D eigenvalue weighted by molar-refractivity contribution is -0.132. The number of aliphatic hydroxyl groups excluding tert-OH is 1. The van der Waals surface area contributed by atoms with Gasteiger partial charge in [-0.15, -0.1) is 0 Å². The fraction of sp³-hybridized carbons (Fsp3) is 0.290. The van der Waals surface area contributed by atoms with Gasteiger partial charge in [0.25, 0.3) is 11.7 Å². The zero-order chi connectivity index (χ0) is 29.1. The normalized spacial score (nSPS) is 16.4. The molecule has 1 fully saturated rings. The van der Waals surface area contributed by atoms with Crippen molar-refractivity contribution in [3.05, 3.63) is 82.7 Å². The molecule has 8 nitrogen and oxygen atoms in total. The lowest BCUT2D eigenvalue weighted by atomic mass is 9.92. The van der Waals surface area contributed by atoms with E-state index in [0.29, 0.717) is 40.7 Å². The fourth-order valence-corrected chi connectivity index (χ4v) is 4.86. The molecule has 1 heterocycles. The van der Waals surface area contributed by atoms with Gasteiger partial charge >= 0.3 is 0 Å². The van der Waals surface area contributed by atoms with Crippen LogP contribution in [0.25, 0.3) is 5.76 Å². The van der Waals surface area contributed by atoms with Gasteiger partial charge in [0.2, 0.25) is 5.75 Å². The van der Waals surface area contributed by atoms with E-state index in [1.165, 1.54) is 50.5 Å². The topological polar surface area (TPSA) is 94.5 Å². The first kappa shape index (κ1) is 28.5. The lowest BCUT2D eigenvalue weighted by Gasteiger charge is -2.26. The first-order valence-corrected chi connectivity index (χ1v) is 12.8. The Balaban J connectivity index is 2.01. The predicted molar refractivity (Wildman–Crippen MR) is 149 cm³/mol. The summed E-state index contributed by atoms with van der Waals surface area (Å²) in [5.74, 6) is -0.978. The molecule has 1 N–H and O–H groups in total. The number of halogens is 1. The molecule has 4 rings (SSSR count). The van der Waals surface area contributed by atoms with Crippen LogP contribution >= 0.6 is 0 Å². The predicted octanol–water partition coefficient (Wildman–Crippen LogP) is 6.00. The second kappa shape index (κ2) is 11.7. The SMILES string of the molecule is CCOc1ccc(/C(O)=C2\C(=O)C(=O)N(c3ccc(F)cc3)C2c2cc(OC)c(OC)c(OC)c2)cc1C(C)C. The van der Waals surface area contributed by atoms with E-state index in [2.05, 4.69) is 0 Å².